The normalized spacial score (nSPS) is 10.5. The van der Waals surface area contributed by atoms with E-state index >= 15 is 0 Å². The van der Waals surface area contributed by atoms with Gasteiger partial charge in [-0.3, -0.25) is 4.98 Å². The van der Waals surface area contributed by atoms with Gasteiger partial charge in [0, 0.05) is 4.90 Å². The third-order valence-corrected chi connectivity index (χ3v) is 2.76. The van der Waals surface area contributed by atoms with E-state index in [0.29, 0.717) is 11.6 Å². The molecule has 1 aromatic heterocycles. The molecule has 2 N–H and O–H groups in total. The SMILES string of the molecule is O=c1[nH]nc(CSc2ccc(F)cc2)[nH]1. The lowest BCUT2D eigenvalue weighted by Gasteiger charge is -1.97. The van der Waals surface area contributed by atoms with Crippen LogP contribution in [0.2, 0.25) is 0 Å². The van der Waals surface area contributed by atoms with Crippen molar-refractivity contribution in [2.75, 3.05) is 0 Å². The molecule has 15 heavy (non-hydrogen) atoms. The van der Waals surface area contributed by atoms with Gasteiger partial charge in [-0.15, -0.1) is 11.8 Å². The monoisotopic (exact) mass is 225 g/mol. The third kappa shape index (κ3) is 2.69. The second-order valence-electron chi connectivity index (χ2n) is 2.87. The Morgan fingerprint density at radius 2 is 2.07 bits per heavy atom. The fourth-order valence-corrected chi connectivity index (χ4v) is 1.82. The zero-order valence-electron chi connectivity index (χ0n) is 7.66. The zero-order valence-corrected chi connectivity index (χ0v) is 8.47. The van der Waals surface area contributed by atoms with Crippen LogP contribution in [0.4, 0.5) is 4.39 Å². The van der Waals surface area contributed by atoms with Crippen molar-refractivity contribution in [2.24, 2.45) is 0 Å². The smallest absolute Gasteiger partial charge is 0.292 e. The number of aromatic nitrogens is 3. The molecule has 6 heteroatoms. The maximum atomic E-state index is 12.6. The highest BCUT2D eigenvalue weighted by Crippen LogP contribution is 2.20. The van der Waals surface area contributed by atoms with Crippen molar-refractivity contribution in [3.05, 3.63) is 46.4 Å². The molecule has 0 aliphatic heterocycles. The topological polar surface area (TPSA) is 61.5 Å². The molecule has 78 valence electrons. The van der Waals surface area contributed by atoms with Gasteiger partial charge < -0.3 is 0 Å². The lowest BCUT2D eigenvalue weighted by molar-refractivity contribution is 0.626. The summed E-state index contributed by atoms with van der Waals surface area (Å²) >= 11 is 1.48. The number of thioether (sulfide) groups is 1. The van der Waals surface area contributed by atoms with Crippen LogP contribution < -0.4 is 5.69 Å². The Balaban J connectivity index is 1.99. The van der Waals surface area contributed by atoms with Crippen molar-refractivity contribution in [1.82, 2.24) is 15.2 Å². The lowest BCUT2D eigenvalue weighted by Crippen LogP contribution is -2.00. The quantitative estimate of drug-likeness (QED) is 0.779. The van der Waals surface area contributed by atoms with E-state index < -0.39 is 0 Å². The molecular weight excluding hydrogens is 217 g/mol. The van der Waals surface area contributed by atoms with Crippen LogP contribution in [0.15, 0.2) is 34.0 Å². The van der Waals surface area contributed by atoms with E-state index in [1.165, 1.54) is 23.9 Å². The molecule has 0 radical (unpaired) electrons. The largest absolute Gasteiger partial charge is 0.340 e. The lowest BCUT2D eigenvalue weighted by atomic mass is 10.4. The highest BCUT2D eigenvalue weighted by atomic mass is 32.2. The van der Waals surface area contributed by atoms with Crippen LogP contribution in [-0.2, 0) is 5.75 Å². The van der Waals surface area contributed by atoms with Crippen molar-refractivity contribution in [3.8, 4) is 0 Å². The van der Waals surface area contributed by atoms with Gasteiger partial charge >= 0.3 is 5.69 Å². The summed E-state index contributed by atoms with van der Waals surface area (Å²) in [6.45, 7) is 0. The van der Waals surface area contributed by atoms with Crippen LogP contribution >= 0.6 is 11.8 Å². The van der Waals surface area contributed by atoms with E-state index in [4.69, 9.17) is 0 Å². The summed E-state index contributed by atoms with van der Waals surface area (Å²) < 4.78 is 12.6. The molecule has 0 aliphatic rings. The van der Waals surface area contributed by atoms with Gasteiger partial charge in [0.2, 0.25) is 0 Å². The number of nitrogens with one attached hydrogen (secondary N) is 2. The Labute approximate surface area is 88.9 Å². The van der Waals surface area contributed by atoms with Crippen LogP contribution in [-0.4, -0.2) is 15.2 Å². The first-order chi connectivity index (χ1) is 7.24. The van der Waals surface area contributed by atoms with E-state index in [-0.39, 0.29) is 11.5 Å². The summed E-state index contributed by atoms with van der Waals surface area (Å²) in [5.74, 6) is 0.867. The first-order valence-corrected chi connectivity index (χ1v) is 5.24. The molecule has 0 bridgehead atoms. The number of nitrogens with zero attached hydrogens (tertiary/aromatic N) is 1. The number of benzene rings is 1. The Bertz CT molecular complexity index is 491. The van der Waals surface area contributed by atoms with Crippen molar-refractivity contribution >= 4 is 11.8 Å². The number of rotatable bonds is 3. The average molecular weight is 225 g/mol. The van der Waals surface area contributed by atoms with Gasteiger partial charge in [-0.05, 0) is 24.3 Å². The maximum Gasteiger partial charge on any atom is 0.340 e. The molecule has 4 nitrogen and oxygen atoms in total. The van der Waals surface area contributed by atoms with Crippen LogP contribution in [0.3, 0.4) is 0 Å². The predicted molar refractivity (Wildman–Crippen MR) is 55.2 cm³/mol. The van der Waals surface area contributed by atoms with Crippen molar-refractivity contribution < 1.29 is 4.39 Å². The van der Waals surface area contributed by atoms with Gasteiger partial charge in [-0.1, -0.05) is 0 Å². The summed E-state index contributed by atoms with van der Waals surface area (Å²) in [5.41, 5.74) is -0.315. The second-order valence-corrected chi connectivity index (χ2v) is 3.92. The molecule has 0 amide bonds. The second kappa shape index (κ2) is 4.31. The number of H-pyrrole nitrogens is 2. The predicted octanol–water partition coefficient (Wildman–Crippen LogP) is 1.53. The molecule has 0 saturated carbocycles. The van der Waals surface area contributed by atoms with E-state index in [1.807, 2.05) is 0 Å². The van der Waals surface area contributed by atoms with Crippen molar-refractivity contribution in [3.63, 3.8) is 0 Å². The third-order valence-electron chi connectivity index (χ3n) is 1.74. The summed E-state index contributed by atoms with van der Waals surface area (Å²) in [6, 6.07) is 6.17. The maximum absolute atomic E-state index is 12.6. The van der Waals surface area contributed by atoms with Gasteiger partial charge in [0.25, 0.3) is 0 Å². The van der Waals surface area contributed by atoms with Gasteiger partial charge in [0.1, 0.15) is 11.6 Å². The Morgan fingerprint density at radius 3 is 2.67 bits per heavy atom. The van der Waals surface area contributed by atoms with Crippen molar-refractivity contribution in [2.45, 2.75) is 10.6 Å². The zero-order chi connectivity index (χ0) is 10.7. The molecule has 0 fully saturated rings. The molecule has 0 saturated heterocycles. The van der Waals surface area contributed by atoms with Gasteiger partial charge in [0.05, 0.1) is 5.75 Å². The molecule has 0 aliphatic carbocycles. The van der Waals surface area contributed by atoms with E-state index in [0.717, 1.165) is 4.90 Å². The Hall–Kier alpha value is -1.56. The molecule has 1 heterocycles. The van der Waals surface area contributed by atoms with Crippen LogP contribution in [0.5, 0.6) is 0 Å². The van der Waals surface area contributed by atoms with E-state index in [9.17, 15) is 9.18 Å². The number of halogens is 1. The number of aromatic amines is 2. The molecule has 1 aromatic carbocycles. The van der Waals surface area contributed by atoms with Crippen LogP contribution in [0, 0.1) is 5.82 Å². The molecule has 0 unspecified atom stereocenters. The van der Waals surface area contributed by atoms with Crippen LogP contribution in [0.25, 0.3) is 0 Å². The minimum absolute atomic E-state index is 0.257. The Morgan fingerprint density at radius 1 is 1.33 bits per heavy atom. The van der Waals surface area contributed by atoms with E-state index in [1.54, 1.807) is 12.1 Å². The Kier molecular flexibility index (Phi) is 2.86. The first-order valence-electron chi connectivity index (χ1n) is 4.26. The molecule has 2 aromatic rings. The van der Waals surface area contributed by atoms with E-state index in [2.05, 4.69) is 15.2 Å². The van der Waals surface area contributed by atoms with Crippen molar-refractivity contribution in [1.29, 1.82) is 0 Å². The summed E-state index contributed by atoms with van der Waals surface area (Å²) in [7, 11) is 0. The summed E-state index contributed by atoms with van der Waals surface area (Å²) in [6.07, 6.45) is 0. The fraction of sp³-hybridized carbons (Fsp3) is 0.111. The standard InChI is InChI=1S/C9H8FN3OS/c10-6-1-3-7(4-2-6)15-5-8-11-9(14)13-12-8/h1-4H,5H2,(H2,11,12,13,14). The number of hydrogen-bond acceptors (Lipinski definition) is 3. The van der Waals surface area contributed by atoms with Gasteiger partial charge in [0.15, 0.2) is 0 Å². The van der Waals surface area contributed by atoms with Gasteiger partial charge in [-0.25, -0.2) is 14.3 Å². The fourth-order valence-electron chi connectivity index (χ4n) is 1.06. The molecule has 2 rings (SSSR count). The minimum atomic E-state index is -0.315. The molecule has 0 spiro atoms. The van der Waals surface area contributed by atoms with Gasteiger partial charge in [-0.2, -0.15) is 5.10 Å². The first kappa shape index (κ1) is 9.97. The van der Waals surface area contributed by atoms with Crippen LogP contribution in [0.1, 0.15) is 5.82 Å². The highest BCUT2D eigenvalue weighted by Gasteiger charge is 2.00. The minimum Gasteiger partial charge on any atom is -0.292 e. The summed E-state index contributed by atoms with van der Waals surface area (Å²) in [5, 5.41) is 6.04. The average Bonchev–Trinajstić information content (AvgIpc) is 2.64. The number of hydrogen-bond donors (Lipinski definition) is 2. The molecular formula is C9H8FN3OS. The summed E-state index contributed by atoms with van der Waals surface area (Å²) in [4.78, 5) is 14.2. The molecule has 0 atom stereocenters. The highest BCUT2D eigenvalue weighted by molar-refractivity contribution is 7.98.